The largest absolute Gasteiger partial charge is 0.356 e. The Hall–Kier alpha value is -1.03. The van der Waals surface area contributed by atoms with Crippen LogP contribution in [0.4, 0.5) is 0 Å². The quantitative estimate of drug-likeness (QED) is 0.635. The third-order valence-electron chi connectivity index (χ3n) is 3.28. The first-order valence-corrected chi connectivity index (χ1v) is 7.48. The van der Waals surface area contributed by atoms with Crippen molar-refractivity contribution in [1.29, 1.82) is 0 Å². The van der Waals surface area contributed by atoms with Gasteiger partial charge in [0, 0.05) is 19.6 Å². The van der Waals surface area contributed by atoms with Crippen LogP contribution in [0.5, 0.6) is 0 Å². The maximum Gasteiger partial charge on any atom is 0.191 e. The molecule has 4 heteroatoms. The number of rotatable bonds is 5. The van der Waals surface area contributed by atoms with Gasteiger partial charge in [0.25, 0.3) is 0 Å². The lowest BCUT2D eigenvalue weighted by atomic mass is 10.1. The topological polar surface area (TPSA) is 36.4 Å². The predicted molar refractivity (Wildman–Crippen MR) is 81.5 cm³/mol. The number of hydrogen-bond acceptors (Lipinski definition) is 2. The van der Waals surface area contributed by atoms with Gasteiger partial charge < -0.3 is 10.6 Å². The Balaban J connectivity index is 2.41. The van der Waals surface area contributed by atoms with Crippen molar-refractivity contribution >= 4 is 17.3 Å². The molecule has 0 amide bonds. The molecule has 0 aromatic carbocycles. The summed E-state index contributed by atoms with van der Waals surface area (Å²) in [6, 6.07) is 2.61. The van der Waals surface area contributed by atoms with Crippen LogP contribution in [0.2, 0.25) is 0 Å². The van der Waals surface area contributed by atoms with Crippen LogP contribution in [-0.2, 0) is 0 Å². The van der Waals surface area contributed by atoms with Crippen LogP contribution in [0.1, 0.15) is 39.2 Å². The number of nitrogens with one attached hydrogen (secondary N) is 2. The van der Waals surface area contributed by atoms with Gasteiger partial charge in [-0.25, -0.2) is 0 Å². The zero-order chi connectivity index (χ0) is 13.5. The van der Waals surface area contributed by atoms with E-state index in [1.54, 1.807) is 11.3 Å². The van der Waals surface area contributed by atoms with E-state index in [1.165, 1.54) is 5.56 Å². The van der Waals surface area contributed by atoms with E-state index in [9.17, 15) is 0 Å². The van der Waals surface area contributed by atoms with Crippen LogP contribution < -0.4 is 10.6 Å². The van der Waals surface area contributed by atoms with E-state index in [0.717, 1.165) is 12.5 Å². The van der Waals surface area contributed by atoms with Crippen molar-refractivity contribution in [2.75, 3.05) is 13.6 Å². The van der Waals surface area contributed by atoms with Crippen molar-refractivity contribution in [3.8, 4) is 0 Å². The normalized spacial score (nSPS) is 15.6. The van der Waals surface area contributed by atoms with Gasteiger partial charge in [0.2, 0.25) is 0 Å². The van der Waals surface area contributed by atoms with Crippen LogP contribution in [0.15, 0.2) is 21.8 Å². The second-order valence-electron chi connectivity index (χ2n) is 5.09. The van der Waals surface area contributed by atoms with Crippen molar-refractivity contribution in [3.05, 3.63) is 22.4 Å². The van der Waals surface area contributed by atoms with Gasteiger partial charge in [0.15, 0.2) is 5.96 Å². The minimum Gasteiger partial charge on any atom is -0.356 e. The number of guanidine groups is 1. The third-order valence-corrected chi connectivity index (χ3v) is 3.98. The average molecular weight is 267 g/mol. The maximum atomic E-state index is 4.26. The van der Waals surface area contributed by atoms with E-state index in [0.29, 0.717) is 17.9 Å². The highest BCUT2D eigenvalue weighted by Crippen LogP contribution is 2.16. The molecule has 102 valence electrons. The van der Waals surface area contributed by atoms with Crippen LogP contribution in [0, 0.1) is 5.92 Å². The lowest BCUT2D eigenvalue weighted by molar-refractivity contribution is 0.480. The fourth-order valence-corrected chi connectivity index (χ4v) is 2.28. The molecule has 0 aliphatic heterocycles. The van der Waals surface area contributed by atoms with Gasteiger partial charge in [-0.1, -0.05) is 20.8 Å². The highest BCUT2D eigenvalue weighted by Gasteiger charge is 2.10. The average Bonchev–Trinajstić information content (AvgIpc) is 2.87. The summed E-state index contributed by atoms with van der Waals surface area (Å²) in [6.45, 7) is 9.73. The molecule has 0 spiro atoms. The first-order valence-electron chi connectivity index (χ1n) is 6.53. The molecule has 2 N–H and O–H groups in total. The molecule has 0 bridgehead atoms. The number of nitrogens with zero attached hydrogens (tertiary/aromatic N) is 1. The van der Waals surface area contributed by atoms with Crippen molar-refractivity contribution in [1.82, 2.24) is 10.6 Å². The maximum absolute atomic E-state index is 4.26. The van der Waals surface area contributed by atoms with Crippen molar-refractivity contribution < 1.29 is 0 Å². The van der Waals surface area contributed by atoms with E-state index >= 15 is 0 Å². The zero-order valence-electron chi connectivity index (χ0n) is 12.0. The summed E-state index contributed by atoms with van der Waals surface area (Å²) >= 11 is 1.75. The second kappa shape index (κ2) is 7.41. The molecule has 1 rings (SSSR count). The molecule has 2 unspecified atom stereocenters. The SMILES string of the molecule is CN=C(NCC(C)c1ccsc1)NC(C)C(C)C. The van der Waals surface area contributed by atoms with Crippen LogP contribution in [0.3, 0.4) is 0 Å². The smallest absolute Gasteiger partial charge is 0.191 e. The Morgan fingerprint density at radius 2 is 2.06 bits per heavy atom. The van der Waals surface area contributed by atoms with Gasteiger partial charge in [0.05, 0.1) is 0 Å². The molecule has 0 radical (unpaired) electrons. The number of hydrogen-bond donors (Lipinski definition) is 2. The summed E-state index contributed by atoms with van der Waals surface area (Å²) in [4.78, 5) is 4.26. The molecular formula is C14H25N3S. The molecule has 0 aliphatic carbocycles. The Kier molecular flexibility index (Phi) is 6.19. The summed E-state index contributed by atoms with van der Waals surface area (Å²) in [5.74, 6) is 1.99. The first-order chi connectivity index (χ1) is 8.54. The monoisotopic (exact) mass is 267 g/mol. The Labute approximate surface area is 115 Å². The summed E-state index contributed by atoms with van der Waals surface area (Å²) in [6.07, 6.45) is 0. The van der Waals surface area contributed by atoms with Gasteiger partial charge in [-0.15, -0.1) is 0 Å². The van der Waals surface area contributed by atoms with E-state index < -0.39 is 0 Å². The van der Waals surface area contributed by atoms with E-state index in [1.807, 2.05) is 7.05 Å². The first kappa shape index (κ1) is 15.0. The van der Waals surface area contributed by atoms with E-state index in [4.69, 9.17) is 0 Å². The highest BCUT2D eigenvalue weighted by atomic mass is 32.1. The Morgan fingerprint density at radius 1 is 1.33 bits per heavy atom. The van der Waals surface area contributed by atoms with E-state index in [2.05, 4.69) is 60.1 Å². The molecule has 0 saturated carbocycles. The highest BCUT2D eigenvalue weighted by molar-refractivity contribution is 7.07. The lowest BCUT2D eigenvalue weighted by Gasteiger charge is -2.22. The summed E-state index contributed by atoms with van der Waals surface area (Å²) in [5, 5.41) is 11.1. The van der Waals surface area contributed by atoms with Crippen molar-refractivity contribution in [3.63, 3.8) is 0 Å². The van der Waals surface area contributed by atoms with E-state index in [-0.39, 0.29) is 0 Å². The van der Waals surface area contributed by atoms with Gasteiger partial charge in [-0.05, 0) is 41.1 Å². The molecule has 1 aromatic rings. The molecule has 1 heterocycles. The molecule has 3 nitrogen and oxygen atoms in total. The minimum atomic E-state index is 0.424. The summed E-state index contributed by atoms with van der Waals surface area (Å²) in [5.41, 5.74) is 1.39. The van der Waals surface area contributed by atoms with Crippen LogP contribution in [-0.4, -0.2) is 25.6 Å². The number of aliphatic imine (C=N–C) groups is 1. The molecule has 0 fully saturated rings. The Morgan fingerprint density at radius 3 is 2.56 bits per heavy atom. The molecule has 0 saturated heterocycles. The number of thiophene rings is 1. The molecule has 18 heavy (non-hydrogen) atoms. The molecule has 0 aliphatic rings. The summed E-state index contributed by atoms with van der Waals surface area (Å²) < 4.78 is 0. The van der Waals surface area contributed by atoms with Crippen molar-refractivity contribution in [2.24, 2.45) is 10.9 Å². The van der Waals surface area contributed by atoms with Gasteiger partial charge in [0.1, 0.15) is 0 Å². The Bertz CT molecular complexity index is 357. The van der Waals surface area contributed by atoms with Gasteiger partial charge in [-0.3, -0.25) is 4.99 Å². The zero-order valence-corrected chi connectivity index (χ0v) is 12.8. The van der Waals surface area contributed by atoms with Gasteiger partial charge in [-0.2, -0.15) is 11.3 Å². The van der Waals surface area contributed by atoms with Crippen molar-refractivity contribution in [2.45, 2.75) is 39.7 Å². The lowest BCUT2D eigenvalue weighted by Crippen LogP contribution is -2.45. The molecular weight excluding hydrogens is 242 g/mol. The standard InChI is InChI=1S/C14H25N3S/c1-10(2)12(4)17-14(15-5)16-8-11(3)13-6-7-18-9-13/h6-7,9-12H,8H2,1-5H3,(H2,15,16,17). The van der Waals surface area contributed by atoms with Crippen LogP contribution in [0.25, 0.3) is 0 Å². The predicted octanol–water partition coefficient (Wildman–Crippen LogP) is 3.06. The fourth-order valence-electron chi connectivity index (χ4n) is 1.50. The molecule has 2 atom stereocenters. The third kappa shape index (κ3) is 4.69. The summed E-state index contributed by atoms with van der Waals surface area (Å²) in [7, 11) is 1.82. The second-order valence-corrected chi connectivity index (χ2v) is 5.87. The minimum absolute atomic E-state index is 0.424. The van der Waals surface area contributed by atoms with Gasteiger partial charge >= 0.3 is 0 Å². The van der Waals surface area contributed by atoms with Crippen LogP contribution >= 0.6 is 11.3 Å². The fraction of sp³-hybridized carbons (Fsp3) is 0.643. The molecule has 1 aromatic heterocycles.